The number of fused-ring (bicyclic) bond motifs is 5. The van der Waals surface area contributed by atoms with Gasteiger partial charge >= 0.3 is 0 Å². The minimum absolute atomic E-state index is 0.498. The van der Waals surface area contributed by atoms with Crippen LogP contribution in [0.4, 0.5) is 0 Å². The number of nitrogens with zero attached hydrogens (tertiary/aromatic N) is 1. The van der Waals surface area contributed by atoms with E-state index in [0.29, 0.717) is 5.92 Å². The van der Waals surface area contributed by atoms with Gasteiger partial charge in [0.1, 0.15) is 7.05 Å². The fraction of sp³-hybridized carbons (Fsp3) is 0.160. The molecule has 1 aromatic heterocycles. The molecule has 26 heavy (non-hydrogen) atoms. The van der Waals surface area contributed by atoms with Crippen molar-refractivity contribution in [1.82, 2.24) is 0 Å². The van der Waals surface area contributed by atoms with Gasteiger partial charge in [0.15, 0.2) is 6.20 Å². The lowest BCUT2D eigenvalue weighted by Crippen LogP contribution is -2.30. The minimum atomic E-state index is 0.498. The third-order valence-corrected chi connectivity index (χ3v) is 5.65. The Morgan fingerprint density at radius 1 is 0.654 bits per heavy atom. The molecule has 0 aliphatic heterocycles. The lowest BCUT2D eigenvalue weighted by Gasteiger charge is -2.14. The number of hydrogen-bond donors (Lipinski definition) is 0. The van der Waals surface area contributed by atoms with Crippen molar-refractivity contribution in [3.05, 3.63) is 78.5 Å². The quantitative estimate of drug-likeness (QED) is 0.326. The van der Waals surface area contributed by atoms with E-state index < -0.39 is 0 Å². The first-order valence-electron chi connectivity index (χ1n) is 9.31. The van der Waals surface area contributed by atoms with Crippen molar-refractivity contribution in [2.45, 2.75) is 19.8 Å². The Balaban J connectivity index is 2.08. The van der Waals surface area contributed by atoms with Crippen molar-refractivity contribution < 1.29 is 4.57 Å². The predicted octanol–water partition coefficient (Wildman–Crippen LogP) is 6.10. The second kappa shape index (κ2) is 5.54. The first kappa shape index (κ1) is 15.3. The molecular weight excluding hydrogens is 314 g/mol. The Labute approximate surface area is 154 Å². The summed E-state index contributed by atoms with van der Waals surface area (Å²) in [4.78, 5) is 0. The van der Waals surface area contributed by atoms with Gasteiger partial charge in [-0.1, -0.05) is 68.4 Å². The standard InChI is InChI=1S/C25H22N/c1-16(2)17-12-13-21-19-9-5-4-8-18(19)20-10-6-7-11-23(20)25-24(21)22(17)14-15-26(25)3/h4-16H,1-3H3/q+1. The first-order chi connectivity index (χ1) is 12.7. The average molecular weight is 336 g/mol. The molecule has 0 bridgehead atoms. The van der Waals surface area contributed by atoms with Crippen LogP contribution < -0.4 is 4.57 Å². The highest BCUT2D eigenvalue weighted by molar-refractivity contribution is 6.12. The van der Waals surface area contributed by atoms with Gasteiger partial charge in [0.05, 0.1) is 10.9 Å². The molecule has 1 heteroatoms. The van der Waals surface area contributed by atoms with Crippen molar-refractivity contribution in [3.63, 3.8) is 0 Å². The molecule has 4 aromatic rings. The summed E-state index contributed by atoms with van der Waals surface area (Å²) in [5, 5.41) is 2.75. The maximum Gasteiger partial charge on any atom is 0.221 e. The molecule has 0 saturated carbocycles. The highest BCUT2D eigenvalue weighted by Gasteiger charge is 2.27. The third kappa shape index (κ3) is 2.00. The number of rotatable bonds is 1. The highest BCUT2D eigenvalue weighted by atomic mass is 14.9. The van der Waals surface area contributed by atoms with Crippen LogP contribution in [0.25, 0.3) is 44.3 Å². The van der Waals surface area contributed by atoms with Crippen LogP contribution >= 0.6 is 0 Å². The third-order valence-electron chi connectivity index (χ3n) is 5.65. The Bertz CT molecular complexity index is 1170. The van der Waals surface area contributed by atoms with Crippen molar-refractivity contribution >= 4 is 10.8 Å². The fourth-order valence-electron chi connectivity index (χ4n) is 4.44. The molecule has 5 rings (SSSR count). The van der Waals surface area contributed by atoms with E-state index in [2.05, 4.69) is 98.4 Å². The molecule has 3 aromatic carbocycles. The smallest absolute Gasteiger partial charge is 0.200 e. The van der Waals surface area contributed by atoms with E-state index in [1.165, 1.54) is 49.8 Å². The molecule has 126 valence electrons. The van der Waals surface area contributed by atoms with Gasteiger partial charge in [-0.15, -0.1) is 0 Å². The zero-order valence-corrected chi connectivity index (χ0v) is 15.5. The van der Waals surface area contributed by atoms with Gasteiger partial charge in [0.2, 0.25) is 5.69 Å². The minimum Gasteiger partial charge on any atom is -0.200 e. The summed E-state index contributed by atoms with van der Waals surface area (Å²) in [5.74, 6) is 0.498. The van der Waals surface area contributed by atoms with E-state index in [0.717, 1.165) is 0 Å². The topological polar surface area (TPSA) is 3.88 Å². The highest BCUT2D eigenvalue weighted by Crippen LogP contribution is 2.47. The molecule has 0 amide bonds. The SMILES string of the molecule is CC(C)c1ccc2c3c([n+](C)ccc13)-c1ccccc1-c1ccccc1-2. The number of aromatic nitrogens is 1. The van der Waals surface area contributed by atoms with E-state index in [1.54, 1.807) is 0 Å². The number of hydrogen-bond acceptors (Lipinski definition) is 0. The zero-order chi connectivity index (χ0) is 17.8. The van der Waals surface area contributed by atoms with Crippen molar-refractivity contribution in [2.75, 3.05) is 0 Å². The first-order valence-corrected chi connectivity index (χ1v) is 9.31. The molecule has 0 atom stereocenters. The van der Waals surface area contributed by atoms with Gasteiger partial charge in [-0.05, 0) is 45.2 Å². The summed E-state index contributed by atoms with van der Waals surface area (Å²) < 4.78 is 2.28. The Morgan fingerprint density at radius 2 is 1.23 bits per heavy atom. The summed E-state index contributed by atoms with van der Waals surface area (Å²) in [6.45, 7) is 4.56. The van der Waals surface area contributed by atoms with E-state index >= 15 is 0 Å². The molecule has 1 aliphatic carbocycles. The van der Waals surface area contributed by atoms with E-state index in [1.807, 2.05) is 0 Å². The van der Waals surface area contributed by atoms with E-state index in [4.69, 9.17) is 0 Å². The van der Waals surface area contributed by atoms with Crippen LogP contribution in [-0.4, -0.2) is 0 Å². The molecule has 1 nitrogen and oxygen atoms in total. The number of aryl methyl sites for hydroxylation is 1. The van der Waals surface area contributed by atoms with Gasteiger partial charge in [-0.3, -0.25) is 0 Å². The second-order valence-electron chi connectivity index (χ2n) is 7.51. The second-order valence-corrected chi connectivity index (χ2v) is 7.51. The maximum absolute atomic E-state index is 2.33. The molecule has 1 aliphatic rings. The average Bonchev–Trinajstić information content (AvgIpc) is 2.79. The molecular formula is C25H22N+. The van der Waals surface area contributed by atoms with Crippen LogP contribution in [0, 0.1) is 0 Å². The Kier molecular flexibility index (Phi) is 3.27. The van der Waals surface area contributed by atoms with Crippen LogP contribution in [0.1, 0.15) is 25.3 Å². The number of benzene rings is 3. The lowest BCUT2D eigenvalue weighted by atomic mass is 9.89. The van der Waals surface area contributed by atoms with Gasteiger partial charge in [-0.25, -0.2) is 4.57 Å². The molecule has 0 radical (unpaired) electrons. The van der Waals surface area contributed by atoms with E-state index in [-0.39, 0.29) is 0 Å². The lowest BCUT2D eigenvalue weighted by molar-refractivity contribution is -0.659. The summed E-state index contributed by atoms with van der Waals surface area (Å²) in [7, 11) is 2.16. The van der Waals surface area contributed by atoms with Crippen molar-refractivity contribution in [3.8, 4) is 33.5 Å². The van der Waals surface area contributed by atoms with Crippen LogP contribution in [-0.2, 0) is 7.05 Å². The normalized spacial score (nSPS) is 12.0. The van der Waals surface area contributed by atoms with Gasteiger partial charge < -0.3 is 0 Å². The summed E-state index contributed by atoms with van der Waals surface area (Å²) in [6, 6.07) is 24.5. The summed E-state index contributed by atoms with van der Waals surface area (Å²) in [5.41, 5.74) is 9.33. The largest absolute Gasteiger partial charge is 0.221 e. The van der Waals surface area contributed by atoms with Crippen LogP contribution in [0.2, 0.25) is 0 Å². The maximum atomic E-state index is 2.33. The number of pyridine rings is 1. The van der Waals surface area contributed by atoms with Crippen molar-refractivity contribution in [1.29, 1.82) is 0 Å². The molecule has 1 heterocycles. The molecule has 0 N–H and O–H groups in total. The zero-order valence-electron chi connectivity index (χ0n) is 15.5. The van der Waals surface area contributed by atoms with E-state index in [9.17, 15) is 0 Å². The Hall–Kier alpha value is -2.93. The van der Waals surface area contributed by atoms with Gasteiger partial charge in [0, 0.05) is 6.07 Å². The van der Waals surface area contributed by atoms with Crippen LogP contribution in [0.15, 0.2) is 72.9 Å². The van der Waals surface area contributed by atoms with Crippen LogP contribution in [0.3, 0.4) is 0 Å². The summed E-state index contributed by atoms with van der Waals surface area (Å²) >= 11 is 0. The van der Waals surface area contributed by atoms with Gasteiger partial charge in [0.25, 0.3) is 0 Å². The molecule has 0 spiro atoms. The van der Waals surface area contributed by atoms with Crippen LogP contribution in [0.5, 0.6) is 0 Å². The summed E-state index contributed by atoms with van der Waals surface area (Å²) in [6.07, 6.45) is 2.21. The fourth-order valence-corrected chi connectivity index (χ4v) is 4.44. The monoisotopic (exact) mass is 336 g/mol. The van der Waals surface area contributed by atoms with Crippen molar-refractivity contribution in [2.24, 2.45) is 7.05 Å². The molecule has 0 saturated heterocycles. The predicted molar refractivity (Wildman–Crippen MR) is 109 cm³/mol. The molecule has 0 fully saturated rings. The van der Waals surface area contributed by atoms with Gasteiger partial charge in [-0.2, -0.15) is 0 Å². The Morgan fingerprint density at radius 3 is 1.88 bits per heavy atom. The molecule has 0 unspecified atom stereocenters.